The molecule has 5 heteroatoms. The molecule has 0 amide bonds. The number of hydrogen-bond acceptors (Lipinski definition) is 4. The Bertz CT molecular complexity index is 1310. The van der Waals surface area contributed by atoms with Crippen LogP contribution < -0.4 is 4.74 Å². The Kier molecular flexibility index (Phi) is 6.46. The zero-order valence-corrected chi connectivity index (χ0v) is 18.6. The molecule has 0 saturated heterocycles. The zero-order chi connectivity index (χ0) is 23.4. The van der Waals surface area contributed by atoms with Gasteiger partial charge in [0.15, 0.2) is 0 Å². The van der Waals surface area contributed by atoms with Crippen molar-refractivity contribution in [2.75, 3.05) is 0 Å². The summed E-state index contributed by atoms with van der Waals surface area (Å²) in [6.07, 6.45) is 0.584. The summed E-state index contributed by atoms with van der Waals surface area (Å²) in [5, 5.41) is 20.4. The highest BCUT2D eigenvalue weighted by Crippen LogP contribution is 2.38. The number of furan rings is 1. The fraction of sp³-hybridized carbons (Fsp3) is 0.214. The second-order valence-corrected chi connectivity index (χ2v) is 8.46. The SMILES string of the molecule is CC(C)Cc1cccc2c(CC(=O)O)c(C(C#N)c3cccc(Oc4ccccc4)c3)oc12. The molecule has 1 heterocycles. The van der Waals surface area contributed by atoms with Crippen LogP contribution in [0.5, 0.6) is 11.5 Å². The predicted molar refractivity (Wildman–Crippen MR) is 127 cm³/mol. The number of para-hydroxylation sites is 2. The summed E-state index contributed by atoms with van der Waals surface area (Å²) in [6.45, 7) is 4.24. The third-order valence-electron chi connectivity index (χ3n) is 5.45. The highest BCUT2D eigenvalue weighted by molar-refractivity contribution is 5.89. The highest BCUT2D eigenvalue weighted by atomic mass is 16.5. The Hall–Kier alpha value is -4.04. The van der Waals surface area contributed by atoms with Crippen LogP contribution in [0.1, 0.15) is 42.2 Å². The molecular formula is C28H25NO4. The lowest BCUT2D eigenvalue weighted by Crippen LogP contribution is -2.06. The van der Waals surface area contributed by atoms with Gasteiger partial charge in [0.25, 0.3) is 0 Å². The van der Waals surface area contributed by atoms with E-state index in [4.69, 9.17) is 9.15 Å². The molecule has 33 heavy (non-hydrogen) atoms. The van der Waals surface area contributed by atoms with Crippen molar-refractivity contribution >= 4 is 16.9 Å². The molecule has 0 saturated carbocycles. The van der Waals surface area contributed by atoms with Gasteiger partial charge < -0.3 is 14.3 Å². The van der Waals surface area contributed by atoms with Crippen LogP contribution >= 0.6 is 0 Å². The third-order valence-corrected chi connectivity index (χ3v) is 5.45. The van der Waals surface area contributed by atoms with Crippen LogP contribution in [0, 0.1) is 17.2 Å². The molecule has 3 aromatic carbocycles. The Labute approximate surface area is 192 Å². The molecule has 0 aliphatic heterocycles. The van der Waals surface area contributed by atoms with Crippen molar-refractivity contribution in [3.05, 3.63) is 95.2 Å². The normalized spacial score (nSPS) is 11.9. The van der Waals surface area contributed by atoms with Gasteiger partial charge in [-0.25, -0.2) is 0 Å². The van der Waals surface area contributed by atoms with Crippen molar-refractivity contribution in [2.24, 2.45) is 5.92 Å². The smallest absolute Gasteiger partial charge is 0.307 e. The summed E-state index contributed by atoms with van der Waals surface area (Å²) < 4.78 is 12.2. The lowest BCUT2D eigenvalue weighted by atomic mass is 9.92. The maximum Gasteiger partial charge on any atom is 0.307 e. The molecule has 0 bridgehead atoms. The molecule has 4 rings (SSSR count). The summed E-state index contributed by atoms with van der Waals surface area (Å²) in [4.78, 5) is 11.7. The number of ether oxygens (including phenoxy) is 1. The van der Waals surface area contributed by atoms with E-state index in [1.165, 1.54) is 0 Å². The standard InChI is InChI=1S/C28H25NO4/c1-18(2)14-20-9-7-13-23-24(16-26(30)31)28(33-27(20)23)25(17-29)19-8-6-12-22(15-19)32-21-10-4-3-5-11-21/h3-13,15,18,25H,14,16H2,1-2H3,(H,30,31). The van der Waals surface area contributed by atoms with Gasteiger partial charge in [0.2, 0.25) is 0 Å². The Morgan fingerprint density at radius 2 is 1.76 bits per heavy atom. The summed E-state index contributed by atoms with van der Waals surface area (Å²) in [5.74, 6) is 0.338. The molecule has 0 aliphatic carbocycles. The number of benzene rings is 3. The lowest BCUT2D eigenvalue weighted by Gasteiger charge is -2.12. The minimum Gasteiger partial charge on any atom is -0.481 e. The second kappa shape index (κ2) is 9.62. The van der Waals surface area contributed by atoms with Crippen LogP contribution in [0.3, 0.4) is 0 Å². The van der Waals surface area contributed by atoms with E-state index in [0.717, 1.165) is 17.4 Å². The number of aliphatic carboxylic acids is 1. The Morgan fingerprint density at radius 3 is 2.45 bits per heavy atom. The molecule has 1 atom stereocenters. The fourth-order valence-corrected chi connectivity index (χ4v) is 4.08. The molecule has 4 aromatic rings. The molecule has 1 N–H and O–H groups in total. The summed E-state index contributed by atoms with van der Waals surface area (Å²) in [6, 6.07) is 24.8. The lowest BCUT2D eigenvalue weighted by molar-refractivity contribution is -0.136. The molecule has 5 nitrogen and oxygen atoms in total. The first-order chi connectivity index (χ1) is 16.0. The minimum atomic E-state index is -0.967. The number of hydrogen-bond donors (Lipinski definition) is 1. The number of nitriles is 1. The maximum atomic E-state index is 11.7. The number of nitrogens with zero attached hydrogens (tertiary/aromatic N) is 1. The summed E-state index contributed by atoms with van der Waals surface area (Å²) in [5.41, 5.74) is 2.90. The molecular weight excluding hydrogens is 414 g/mol. The van der Waals surface area contributed by atoms with Crippen molar-refractivity contribution in [1.82, 2.24) is 0 Å². The number of rotatable bonds is 8. The molecule has 1 aromatic heterocycles. The van der Waals surface area contributed by atoms with E-state index < -0.39 is 11.9 Å². The average Bonchev–Trinajstić information content (AvgIpc) is 3.14. The molecule has 0 aliphatic rings. The van der Waals surface area contributed by atoms with Gasteiger partial charge in [-0.15, -0.1) is 0 Å². The van der Waals surface area contributed by atoms with Crippen molar-refractivity contribution in [1.29, 1.82) is 5.26 Å². The third kappa shape index (κ3) is 4.91. The average molecular weight is 440 g/mol. The number of carbonyl (C=O) groups is 1. The van der Waals surface area contributed by atoms with E-state index in [9.17, 15) is 15.2 Å². The first kappa shape index (κ1) is 22.2. The second-order valence-electron chi connectivity index (χ2n) is 8.46. The van der Waals surface area contributed by atoms with E-state index in [2.05, 4.69) is 19.9 Å². The minimum absolute atomic E-state index is 0.216. The van der Waals surface area contributed by atoms with Gasteiger partial charge in [-0.1, -0.05) is 62.4 Å². The largest absolute Gasteiger partial charge is 0.481 e. The number of carboxylic acids is 1. The Balaban J connectivity index is 1.80. The van der Waals surface area contributed by atoms with Gasteiger partial charge in [-0.3, -0.25) is 4.79 Å². The monoisotopic (exact) mass is 439 g/mol. The van der Waals surface area contributed by atoms with Crippen LogP contribution in [0.4, 0.5) is 0 Å². The highest BCUT2D eigenvalue weighted by Gasteiger charge is 2.27. The van der Waals surface area contributed by atoms with Crippen molar-refractivity contribution in [3.63, 3.8) is 0 Å². The van der Waals surface area contributed by atoms with Gasteiger partial charge >= 0.3 is 5.97 Å². The predicted octanol–water partition coefficient (Wildman–Crippen LogP) is 6.71. The van der Waals surface area contributed by atoms with Gasteiger partial charge in [-0.05, 0) is 47.7 Å². The summed E-state index contributed by atoms with van der Waals surface area (Å²) in [7, 11) is 0. The van der Waals surface area contributed by atoms with Crippen LogP contribution in [-0.4, -0.2) is 11.1 Å². The summed E-state index contributed by atoms with van der Waals surface area (Å²) >= 11 is 0. The van der Waals surface area contributed by atoms with Gasteiger partial charge in [-0.2, -0.15) is 5.26 Å². The van der Waals surface area contributed by atoms with E-state index in [-0.39, 0.29) is 6.42 Å². The quantitative estimate of drug-likeness (QED) is 0.330. The number of carboxylic acid groups (broad SMARTS) is 1. The molecule has 0 radical (unpaired) electrons. The van der Waals surface area contributed by atoms with Crippen molar-refractivity contribution in [3.8, 4) is 17.6 Å². The van der Waals surface area contributed by atoms with E-state index in [0.29, 0.717) is 39.9 Å². The Morgan fingerprint density at radius 1 is 1.03 bits per heavy atom. The maximum absolute atomic E-state index is 11.7. The molecule has 1 unspecified atom stereocenters. The van der Waals surface area contributed by atoms with Crippen LogP contribution in [0.15, 0.2) is 77.2 Å². The molecule has 0 spiro atoms. The first-order valence-electron chi connectivity index (χ1n) is 10.9. The van der Waals surface area contributed by atoms with Crippen molar-refractivity contribution < 1.29 is 19.1 Å². The van der Waals surface area contributed by atoms with Gasteiger partial charge in [0.1, 0.15) is 28.8 Å². The van der Waals surface area contributed by atoms with E-state index >= 15 is 0 Å². The van der Waals surface area contributed by atoms with Crippen molar-refractivity contribution in [2.45, 2.75) is 32.6 Å². The van der Waals surface area contributed by atoms with Crippen LogP contribution in [0.2, 0.25) is 0 Å². The van der Waals surface area contributed by atoms with Crippen LogP contribution in [-0.2, 0) is 17.6 Å². The molecule has 166 valence electrons. The molecule has 0 fully saturated rings. The van der Waals surface area contributed by atoms with Gasteiger partial charge in [0, 0.05) is 10.9 Å². The fourth-order valence-electron chi connectivity index (χ4n) is 4.08. The van der Waals surface area contributed by atoms with Gasteiger partial charge in [0.05, 0.1) is 12.5 Å². The zero-order valence-electron chi connectivity index (χ0n) is 18.6. The topological polar surface area (TPSA) is 83.5 Å². The number of fused-ring (bicyclic) bond motifs is 1. The van der Waals surface area contributed by atoms with Crippen LogP contribution in [0.25, 0.3) is 11.0 Å². The first-order valence-corrected chi connectivity index (χ1v) is 10.9. The van der Waals surface area contributed by atoms with E-state index in [1.807, 2.05) is 66.7 Å². The van der Waals surface area contributed by atoms with E-state index in [1.54, 1.807) is 6.07 Å².